The molecule has 0 heterocycles. The van der Waals surface area contributed by atoms with E-state index in [1.165, 1.54) is 6.07 Å². The lowest BCUT2D eigenvalue weighted by molar-refractivity contribution is 0.0263. The van der Waals surface area contributed by atoms with Crippen molar-refractivity contribution in [3.05, 3.63) is 35.1 Å². The zero-order valence-electron chi connectivity index (χ0n) is 12.7. The van der Waals surface area contributed by atoms with Crippen molar-refractivity contribution in [3.8, 4) is 0 Å². The van der Waals surface area contributed by atoms with Gasteiger partial charge in [-0.2, -0.15) is 0 Å². The molecular weight excluding hydrogens is 257 g/mol. The van der Waals surface area contributed by atoms with Gasteiger partial charge < -0.3 is 15.2 Å². The van der Waals surface area contributed by atoms with Crippen molar-refractivity contribution in [1.82, 2.24) is 5.32 Å². The number of hydrogen-bond acceptors (Lipinski definition) is 3. The van der Waals surface area contributed by atoms with E-state index in [2.05, 4.69) is 19.2 Å². The molecule has 20 heavy (non-hydrogen) atoms. The Morgan fingerprint density at radius 2 is 2.05 bits per heavy atom. The fraction of sp³-hybridized carbons (Fsp3) is 0.625. The van der Waals surface area contributed by atoms with E-state index in [0.29, 0.717) is 25.7 Å². The zero-order chi connectivity index (χ0) is 15.0. The van der Waals surface area contributed by atoms with Crippen molar-refractivity contribution < 1.29 is 14.2 Å². The summed E-state index contributed by atoms with van der Waals surface area (Å²) in [5.41, 5.74) is 2.09. The first-order valence-electron chi connectivity index (χ1n) is 7.20. The van der Waals surface area contributed by atoms with E-state index >= 15 is 0 Å². The van der Waals surface area contributed by atoms with Crippen molar-refractivity contribution in [2.45, 2.75) is 33.3 Å². The number of rotatable bonds is 9. The predicted octanol–water partition coefficient (Wildman–Crippen LogP) is 2.30. The molecule has 1 aromatic rings. The average Bonchev–Trinajstić information content (AvgIpc) is 2.36. The number of hydrogen-bond donors (Lipinski definition) is 2. The van der Waals surface area contributed by atoms with E-state index in [1.54, 1.807) is 6.07 Å². The summed E-state index contributed by atoms with van der Waals surface area (Å²) in [5, 5.41) is 12.9. The Balaban J connectivity index is 2.15. The molecule has 0 aliphatic carbocycles. The molecular formula is C16H26FNO2. The molecule has 4 heteroatoms. The zero-order valence-corrected chi connectivity index (χ0v) is 12.7. The van der Waals surface area contributed by atoms with Gasteiger partial charge in [-0.05, 0) is 49.1 Å². The van der Waals surface area contributed by atoms with E-state index in [9.17, 15) is 9.50 Å². The first kappa shape index (κ1) is 17.1. The smallest absolute Gasteiger partial charge is 0.123 e. The van der Waals surface area contributed by atoms with Crippen LogP contribution in [0.1, 0.15) is 25.0 Å². The van der Waals surface area contributed by atoms with Gasteiger partial charge in [-0.15, -0.1) is 0 Å². The van der Waals surface area contributed by atoms with Crippen molar-refractivity contribution in [2.24, 2.45) is 5.92 Å². The minimum absolute atomic E-state index is 0.197. The second-order valence-electron chi connectivity index (χ2n) is 5.61. The summed E-state index contributed by atoms with van der Waals surface area (Å²) >= 11 is 0. The second kappa shape index (κ2) is 9.06. The monoisotopic (exact) mass is 283 g/mol. The molecule has 0 aliphatic rings. The molecule has 3 nitrogen and oxygen atoms in total. The van der Waals surface area contributed by atoms with Gasteiger partial charge in [0.25, 0.3) is 0 Å². The minimum Gasteiger partial charge on any atom is -0.389 e. The van der Waals surface area contributed by atoms with Crippen molar-refractivity contribution >= 4 is 0 Å². The number of aryl methyl sites for hydroxylation is 1. The Labute approximate surface area is 121 Å². The third-order valence-corrected chi connectivity index (χ3v) is 3.02. The summed E-state index contributed by atoms with van der Waals surface area (Å²) < 4.78 is 18.3. The van der Waals surface area contributed by atoms with Crippen LogP contribution in [-0.2, 0) is 11.2 Å². The maximum absolute atomic E-state index is 13.0. The lowest BCUT2D eigenvalue weighted by Gasteiger charge is -2.14. The molecule has 114 valence electrons. The number of halogens is 1. The Morgan fingerprint density at radius 3 is 2.70 bits per heavy atom. The van der Waals surface area contributed by atoms with Crippen LogP contribution < -0.4 is 5.32 Å². The molecule has 2 N–H and O–H groups in total. The third kappa shape index (κ3) is 6.98. The molecule has 1 unspecified atom stereocenters. The number of aliphatic hydroxyl groups is 1. The number of benzene rings is 1. The molecule has 0 spiro atoms. The second-order valence-corrected chi connectivity index (χ2v) is 5.61. The molecule has 1 aromatic carbocycles. The fourth-order valence-electron chi connectivity index (χ4n) is 1.93. The van der Waals surface area contributed by atoms with Gasteiger partial charge in [-0.3, -0.25) is 0 Å². The van der Waals surface area contributed by atoms with E-state index < -0.39 is 6.10 Å². The van der Waals surface area contributed by atoms with Gasteiger partial charge in [-0.25, -0.2) is 4.39 Å². The molecule has 0 saturated carbocycles. The standard InChI is InChI=1S/C16H26FNO2/c1-12(2)10-20-11-16(19)9-18-7-6-14-4-5-15(17)8-13(14)3/h4-5,8,12,16,18-19H,6-7,9-11H2,1-3H3. The van der Waals surface area contributed by atoms with Gasteiger partial charge in [0.15, 0.2) is 0 Å². The van der Waals surface area contributed by atoms with Crippen LogP contribution in [0.15, 0.2) is 18.2 Å². The van der Waals surface area contributed by atoms with Crippen LogP contribution in [0.3, 0.4) is 0 Å². The Hall–Kier alpha value is -0.970. The SMILES string of the molecule is Cc1cc(F)ccc1CCNCC(O)COCC(C)C. The highest BCUT2D eigenvalue weighted by Gasteiger charge is 2.05. The van der Waals surface area contributed by atoms with Gasteiger partial charge in [0.2, 0.25) is 0 Å². The molecule has 1 atom stereocenters. The summed E-state index contributed by atoms with van der Waals surface area (Å²) in [7, 11) is 0. The lowest BCUT2D eigenvalue weighted by atomic mass is 10.1. The van der Waals surface area contributed by atoms with Gasteiger partial charge in [0.1, 0.15) is 5.82 Å². The van der Waals surface area contributed by atoms with Crippen LogP contribution in [0.25, 0.3) is 0 Å². The quantitative estimate of drug-likeness (QED) is 0.683. The minimum atomic E-state index is -0.483. The topological polar surface area (TPSA) is 41.5 Å². The highest BCUT2D eigenvalue weighted by molar-refractivity contribution is 5.26. The third-order valence-electron chi connectivity index (χ3n) is 3.02. The van der Waals surface area contributed by atoms with Gasteiger partial charge in [0, 0.05) is 13.2 Å². The molecule has 1 rings (SSSR count). The van der Waals surface area contributed by atoms with Gasteiger partial charge in [-0.1, -0.05) is 19.9 Å². The average molecular weight is 283 g/mol. The molecule has 0 fully saturated rings. The summed E-state index contributed by atoms with van der Waals surface area (Å²) in [6.45, 7) is 8.37. The summed E-state index contributed by atoms with van der Waals surface area (Å²) in [4.78, 5) is 0. The normalized spacial score (nSPS) is 12.9. The highest BCUT2D eigenvalue weighted by atomic mass is 19.1. The van der Waals surface area contributed by atoms with Crippen LogP contribution >= 0.6 is 0 Å². The molecule has 0 radical (unpaired) electrons. The van der Waals surface area contributed by atoms with Crippen molar-refractivity contribution in [1.29, 1.82) is 0 Å². The van der Waals surface area contributed by atoms with Crippen LogP contribution in [0.2, 0.25) is 0 Å². The number of aliphatic hydroxyl groups excluding tert-OH is 1. The first-order chi connectivity index (χ1) is 9.49. The molecule has 0 aliphatic heterocycles. The Morgan fingerprint density at radius 1 is 1.30 bits per heavy atom. The van der Waals surface area contributed by atoms with E-state index in [1.807, 2.05) is 13.0 Å². The van der Waals surface area contributed by atoms with Crippen molar-refractivity contribution in [3.63, 3.8) is 0 Å². The summed E-state index contributed by atoms with van der Waals surface area (Å²) in [6, 6.07) is 4.84. The highest BCUT2D eigenvalue weighted by Crippen LogP contribution is 2.10. The number of ether oxygens (including phenoxy) is 1. The van der Waals surface area contributed by atoms with E-state index in [0.717, 1.165) is 24.1 Å². The van der Waals surface area contributed by atoms with E-state index in [4.69, 9.17) is 4.74 Å². The largest absolute Gasteiger partial charge is 0.389 e. The van der Waals surface area contributed by atoms with Crippen molar-refractivity contribution in [2.75, 3.05) is 26.3 Å². The molecule has 0 saturated heterocycles. The number of nitrogens with one attached hydrogen (secondary N) is 1. The Kier molecular flexibility index (Phi) is 7.73. The van der Waals surface area contributed by atoms with Crippen LogP contribution in [0.5, 0.6) is 0 Å². The van der Waals surface area contributed by atoms with Gasteiger partial charge >= 0.3 is 0 Å². The van der Waals surface area contributed by atoms with Crippen LogP contribution in [0, 0.1) is 18.7 Å². The maximum Gasteiger partial charge on any atom is 0.123 e. The predicted molar refractivity (Wildman–Crippen MR) is 79.4 cm³/mol. The van der Waals surface area contributed by atoms with Crippen LogP contribution in [-0.4, -0.2) is 37.5 Å². The van der Waals surface area contributed by atoms with E-state index in [-0.39, 0.29) is 5.82 Å². The molecule has 0 amide bonds. The van der Waals surface area contributed by atoms with Gasteiger partial charge in [0.05, 0.1) is 12.7 Å². The lowest BCUT2D eigenvalue weighted by Crippen LogP contribution is -2.32. The first-order valence-corrected chi connectivity index (χ1v) is 7.20. The summed E-state index contributed by atoms with van der Waals surface area (Å²) in [6.07, 6.45) is 0.342. The Bertz CT molecular complexity index is 396. The fourth-order valence-corrected chi connectivity index (χ4v) is 1.93. The summed E-state index contributed by atoms with van der Waals surface area (Å²) in [5.74, 6) is 0.286. The van der Waals surface area contributed by atoms with Crippen LogP contribution in [0.4, 0.5) is 4.39 Å². The molecule has 0 bridgehead atoms. The molecule has 0 aromatic heterocycles. The maximum atomic E-state index is 13.0.